The van der Waals surface area contributed by atoms with Crippen LogP contribution >= 0.6 is 11.3 Å². The Balaban J connectivity index is 1.62. The molecule has 0 spiro atoms. The second-order valence-electron chi connectivity index (χ2n) is 4.90. The number of nitrogens with one attached hydrogen (secondary N) is 1. The highest BCUT2D eigenvalue weighted by molar-refractivity contribution is 7.15. The monoisotopic (exact) mass is 295 g/mol. The highest BCUT2D eigenvalue weighted by atomic mass is 32.1. The summed E-state index contributed by atoms with van der Waals surface area (Å²) in [6.07, 6.45) is 5.64. The van der Waals surface area contributed by atoms with Gasteiger partial charge < -0.3 is 5.32 Å². The van der Waals surface area contributed by atoms with E-state index in [-0.39, 0.29) is 0 Å². The molecule has 0 radical (unpaired) electrons. The first-order valence-electron chi connectivity index (χ1n) is 6.93. The van der Waals surface area contributed by atoms with Gasteiger partial charge >= 0.3 is 0 Å². The zero-order valence-corrected chi connectivity index (χ0v) is 12.7. The highest BCUT2D eigenvalue weighted by Crippen LogP contribution is 2.28. The second-order valence-corrected chi connectivity index (χ2v) is 6.01. The van der Waals surface area contributed by atoms with Crippen LogP contribution < -0.4 is 5.32 Å². The van der Waals surface area contributed by atoms with Crippen LogP contribution in [0.15, 0.2) is 55.0 Å². The SMILES string of the molecule is Cc1ccccc1-c1cnc(CNCc2cccnc2)s1. The van der Waals surface area contributed by atoms with Crippen LogP contribution in [-0.2, 0) is 13.1 Å². The van der Waals surface area contributed by atoms with E-state index in [4.69, 9.17) is 0 Å². The van der Waals surface area contributed by atoms with Gasteiger partial charge in [-0.05, 0) is 29.7 Å². The van der Waals surface area contributed by atoms with Gasteiger partial charge in [-0.3, -0.25) is 4.98 Å². The van der Waals surface area contributed by atoms with Gasteiger partial charge in [0.2, 0.25) is 0 Å². The topological polar surface area (TPSA) is 37.8 Å². The van der Waals surface area contributed by atoms with Gasteiger partial charge in [0.25, 0.3) is 0 Å². The molecule has 0 saturated carbocycles. The Hall–Kier alpha value is -2.04. The van der Waals surface area contributed by atoms with E-state index < -0.39 is 0 Å². The van der Waals surface area contributed by atoms with Crippen LogP contribution in [0.3, 0.4) is 0 Å². The average Bonchev–Trinajstić information content (AvgIpc) is 2.97. The summed E-state index contributed by atoms with van der Waals surface area (Å²) in [4.78, 5) is 9.84. The molecule has 0 unspecified atom stereocenters. The van der Waals surface area contributed by atoms with E-state index in [1.165, 1.54) is 21.6 Å². The summed E-state index contributed by atoms with van der Waals surface area (Å²) in [7, 11) is 0. The normalized spacial score (nSPS) is 10.7. The molecule has 0 atom stereocenters. The van der Waals surface area contributed by atoms with Gasteiger partial charge in [0.1, 0.15) is 5.01 Å². The quantitative estimate of drug-likeness (QED) is 0.778. The molecule has 0 aliphatic heterocycles. The summed E-state index contributed by atoms with van der Waals surface area (Å²) < 4.78 is 0. The van der Waals surface area contributed by atoms with Gasteiger partial charge in [0.05, 0.1) is 4.88 Å². The van der Waals surface area contributed by atoms with Crippen LogP contribution in [0.5, 0.6) is 0 Å². The number of hydrogen-bond acceptors (Lipinski definition) is 4. The Morgan fingerprint density at radius 2 is 1.95 bits per heavy atom. The standard InChI is InChI=1S/C17H17N3S/c1-13-5-2-3-7-15(13)16-11-20-17(21-16)12-19-10-14-6-4-8-18-9-14/h2-9,11,19H,10,12H2,1H3. The van der Waals surface area contributed by atoms with E-state index in [2.05, 4.69) is 52.5 Å². The molecule has 1 N–H and O–H groups in total. The molecule has 3 rings (SSSR count). The number of benzene rings is 1. The van der Waals surface area contributed by atoms with Gasteiger partial charge in [-0.25, -0.2) is 4.98 Å². The van der Waals surface area contributed by atoms with E-state index in [1.54, 1.807) is 17.5 Å². The lowest BCUT2D eigenvalue weighted by molar-refractivity contribution is 0.688. The Kier molecular flexibility index (Phi) is 4.38. The highest BCUT2D eigenvalue weighted by Gasteiger charge is 2.06. The predicted octanol–water partition coefficient (Wildman–Crippen LogP) is 3.80. The van der Waals surface area contributed by atoms with Crippen LogP contribution in [0.1, 0.15) is 16.1 Å². The van der Waals surface area contributed by atoms with Crippen molar-refractivity contribution < 1.29 is 0 Å². The van der Waals surface area contributed by atoms with Gasteiger partial charge in [0.15, 0.2) is 0 Å². The van der Waals surface area contributed by atoms with Crippen LogP contribution in [0.25, 0.3) is 10.4 Å². The number of hydrogen-bond donors (Lipinski definition) is 1. The van der Waals surface area contributed by atoms with E-state index in [9.17, 15) is 0 Å². The van der Waals surface area contributed by atoms with Crippen molar-refractivity contribution in [3.63, 3.8) is 0 Å². The molecule has 0 aliphatic carbocycles. The molecule has 2 aromatic heterocycles. The molecule has 1 aromatic carbocycles. The van der Waals surface area contributed by atoms with E-state index >= 15 is 0 Å². The summed E-state index contributed by atoms with van der Waals surface area (Å²) in [5.41, 5.74) is 3.75. The predicted molar refractivity (Wildman–Crippen MR) is 87.1 cm³/mol. The fourth-order valence-corrected chi connectivity index (χ4v) is 3.16. The zero-order chi connectivity index (χ0) is 14.5. The summed E-state index contributed by atoms with van der Waals surface area (Å²) in [5.74, 6) is 0. The number of nitrogens with zero attached hydrogens (tertiary/aromatic N) is 2. The second kappa shape index (κ2) is 6.61. The number of aryl methyl sites for hydroxylation is 1. The third-order valence-electron chi connectivity index (χ3n) is 3.29. The van der Waals surface area contributed by atoms with E-state index in [0.717, 1.165) is 18.1 Å². The Labute approximate surface area is 128 Å². The fraction of sp³-hybridized carbons (Fsp3) is 0.176. The van der Waals surface area contributed by atoms with E-state index in [1.807, 2.05) is 18.5 Å². The summed E-state index contributed by atoms with van der Waals surface area (Å²) in [6.45, 7) is 3.73. The number of pyridine rings is 1. The minimum Gasteiger partial charge on any atom is -0.306 e. The first kappa shape index (κ1) is 13.9. The number of aromatic nitrogens is 2. The molecule has 21 heavy (non-hydrogen) atoms. The molecule has 0 fully saturated rings. The van der Waals surface area contributed by atoms with Gasteiger partial charge in [-0.15, -0.1) is 11.3 Å². The first-order chi connectivity index (χ1) is 10.3. The molecule has 3 aromatic rings. The first-order valence-corrected chi connectivity index (χ1v) is 7.75. The summed E-state index contributed by atoms with van der Waals surface area (Å²) in [6, 6.07) is 12.4. The number of rotatable bonds is 5. The van der Waals surface area contributed by atoms with Crippen LogP contribution in [-0.4, -0.2) is 9.97 Å². The maximum atomic E-state index is 4.51. The lowest BCUT2D eigenvalue weighted by atomic mass is 10.1. The molecule has 2 heterocycles. The molecule has 0 amide bonds. The summed E-state index contributed by atoms with van der Waals surface area (Å²) in [5, 5.41) is 4.51. The molecular formula is C17H17N3S. The van der Waals surface area contributed by atoms with Crippen molar-refractivity contribution >= 4 is 11.3 Å². The van der Waals surface area contributed by atoms with Crippen molar-refractivity contribution in [3.8, 4) is 10.4 Å². The summed E-state index contributed by atoms with van der Waals surface area (Å²) >= 11 is 1.75. The van der Waals surface area contributed by atoms with Crippen LogP contribution in [0.2, 0.25) is 0 Å². The lowest BCUT2D eigenvalue weighted by Gasteiger charge is -2.02. The van der Waals surface area contributed by atoms with Crippen molar-refractivity contribution in [2.24, 2.45) is 0 Å². The maximum Gasteiger partial charge on any atom is 0.107 e. The molecular weight excluding hydrogens is 278 g/mol. The smallest absolute Gasteiger partial charge is 0.107 e. The molecule has 106 valence electrons. The molecule has 3 nitrogen and oxygen atoms in total. The van der Waals surface area contributed by atoms with E-state index in [0.29, 0.717) is 0 Å². The maximum absolute atomic E-state index is 4.51. The van der Waals surface area contributed by atoms with Crippen molar-refractivity contribution in [1.29, 1.82) is 0 Å². The third kappa shape index (κ3) is 3.54. The zero-order valence-electron chi connectivity index (χ0n) is 11.9. The number of thiazole rings is 1. The molecule has 0 bridgehead atoms. The minimum absolute atomic E-state index is 0.783. The van der Waals surface area contributed by atoms with Crippen molar-refractivity contribution in [2.75, 3.05) is 0 Å². The molecule has 0 aliphatic rings. The molecule has 4 heteroatoms. The van der Waals surface area contributed by atoms with Gasteiger partial charge in [-0.2, -0.15) is 0 Å². The van der Waals surface area contributed by atoms with Gasteiger partial charge in [0, 0.05) is 31.7 Å². The molecule has 0 saturated heterocycles. The third-order valence-corrected chi connectivity index (χ3v) is 4.32. The average molecular weight is 295 g/mol. The Morgan fingerprint density at radius 1 is 1.05 bits per heavy atom. The van der Waals surface area contributed by atoms with Crippen molar-refractivity contribution in [2.45, 2.75) is 20.0 Å². The van der Waals surface area contributed by atoms with Crippen LogP contribution in [0.4, 0.5) is 0 Å². The Bertz CT molecular complexity index is 707. The van der Waals surface area contributed by atoms with Crippen molar-refractivity contribution in [1.82, 2.24) is 15.3 Å². The largest absolute Gasteiger partial charge is 0.306 e. The fourth-order valence-electron chi connectivity index (χ4n) is 2.18. The lowest BCUT2D eigenvalue weighted by Crippen LogP contribution is -2.12. The Morgan fingerprint density at radius 3 is 2.76 bits per heavy atom. The van der Waals surface area contributed by atoms with Crippen molar-refractivity contribution in [3.05, 3.63) is 71.1 Å². The van der Waals surface area contributed by atoms with Gasteiger partial charge in [-0.1, -0.05) is 30.3 Å². The van der Waals surface area contributed by atoms with Crippen LogP contribution in [0, 0.1) is 6.92 Å². The minimum atomic E-state index is 0.783.